The van der Waals surface area contributed by atoms with Crippen molar-refractivity contribution >= 4 is 35.7 Å². The molecule has 1 heterocycles. The third-order valence-corrected chi connectivity index (χ3v) is 5.67. The van der Waals surface area contributed by atoms with Crippen LogP contribution in [0, 0.1) is 18.7 Å². The van der Waals surface area contributed by atoms with Crippen LogP contribution in [0.5, 0.6) is 0 Å². The van der Waals surface area contributed by atoms with E-state index in [1.54, 1.807) is 62.9 Å². The van der Waals surface area contributed by atoms with Gasteiger partial charge in [0.2, 0.25) is 0 Å². The minimum absolute atomic E-state index is 0.0522. The van der Waals surface area contributed by atoms with Gasteiger partial charge in [0.25, 0.3) is 6.47 Å². The molecule has 35 heavy (non-hydrogen) atoms. The first-order chi connectivity index (χ1) is 16.4. The van der Waals surface area contributed by atoms with Gasteiger partial charge in [0.05, 0.1) is 5.56 Å². The summed E-state index contributed by atoms with van der Waals surface area (Å²) in [4.78, 5) is 47.9. The molecule has 1 aliphatic rings. The summed E-state index contributed by atoms with van der Waals surface area (Å²) in [5.41, 5.74) is 0.334. The number of ether oxygens (including phenoxy) is 1. The predicted octanol–water partition coefficient (Wildman–Crippen LogP) is 5.55. The molecule has 0 aromatic heterocycles. The highest BCUT2D eigenvalue weighted by atomic mass is 35.5. The third kappa shape index (κ3) is 7.62. The molecule has 3 rings (SSSR count). The van der Waals surface area contributed by atoms with Gasteiger partial charge in [0.15, 0.2) is 11.6 Å². The zero-order valence-electron chi connectivity index (χ0n) is 20.1. The van der Waals surface area contributed by atoms with E-state index in [-0.39, 0.29) is 29.3 Å². The van der Waals surface area contributed by atoms with Gasteiger partial charge in [0, 0.05) is 35.2 Å². The Morgan fingerprint density at radius 1 is 1.09 bits per heavy atom. The maximum absolute atomic E-state index is 14.9. The lowest BCUT2D eigenvalue weighted by atomic mass is 9.87. The molecule has 0 atom stereocenters. The Bertz CT molecular complexity index is 1060. The lowest BCUT2D eigenvalue weighted by Gasteiger charge is -2.33. The molecule has 0 unspecified atom stereocenters. The van der Waals surface area contributed by atoms with Gasteiger partial charge in [-0.1, -0.05) is 11.6 Å². The zero-order valence-corrected chi connectivity index (χ0v) is 20.9. The molecule has 0 radical (unpaired) electrons. The van der Waals surface area contributed by atoms with Crippen molar-refractivity contribution in [1.29, 1.82) is 0 Å². The average molecular weight is 506 g/mol. The smallest absolute Gasteiger partial charge is 0.410 e. The van der Waals surface area contributed by atoms with Crippen LogP contribution in [0.15, 0.2) is 36.4 Å². The van der Waals surface area contributed by atoms with Gasteiger partial charge in [0.1, 0.15) is 11.4 Å². The number of nitrogens with zero attached hydrogens (tertiary/aromatic N) is 1. The summed E-state index contributed by atoms with van der Waals surface area (Å²) in [6, 6.07) is 8.93. The monoisotopic (exact) mass is 505 g/mol. The van der Waals surface area contributed by atoms with E-state index in [1.807, 2.05) is 0 Å². The topological polar surface area (TPSA) is 101 Å². The molecule has 0 aliphatic carbocycles. The summed E-state index contributed by atoms with van der Waals surface area (Å²) in [6.45, 7) is 7.59. The van der Waals surface area contributed by atoms with Crippen LogP contribution in [-0.4, -0.2) is 52.8 Å². The van der Waals surface area contributed by atoms with Crippen molar-refractivity contribution in [1.82, 2.24) is 4.90 Å². The number of halogens is 2. The van der Waals surface area contributed by atoms with Gasteiger partial charge in [-0.15, -0.1) is 0 Å². The number of carbonyl (C=O) groups excluding carboxylic acids is 3. The maximum atomic E-state index is 14.9. The lowest BCUT2D eigenvalue weighted by Crippen LogP contribution is -2.43. The molecule has 0 saturated carbocycles. The summed E-state index contributed by atoms with van der Waals surface area (Å²) in [5, 5.41) is 7.37. The minimum atomic E-state index is -0.723. The molecular formula is C26H29ClFNO6. The van der Waals surface area contributed by atoms with Crippen molar-refractivity contribution < 1.29 is 33.4 Å². The number of likely N-dealkylation sites (tertiary alicyclic amines) is 1. The van der Waals surface area contributed by atoms with Crippen molar-refractivity contribution in [3.05, 3.63) is 69.5 Å². The largest absolute Gasteiger partial charge is 0.483 e. The van der Waals surface area contributed by atoms with Crippen LogP contribution in [0.3, 0.4) is 0 Å². The molecule has 9 heteroatoms. The summed E-state index contributed by atoms with van der Waals surface area (Å²) < 4.78 is 20.3. The van der Waals surface area contributed by atoms with E-state index in [0.29, 0.717) is 42.1 Å². The Morgan fingerprint density at radius 3 is 2.11 bits per heavy atom. The van der Waals surface area contributed by atoms with Crippen LogP contribution < -0.4 is 0 Å². The Hall–Kier alpha value is -3.26. The first-order valence-electron chi connectivity index (χ1n) is 11.1. The molecule has 1 N–H and O–H groups in total. The second kappa shape index (κ2) is 11.9. The average Bonchev–Trinajstić information content (AvgIpc) is 2.78. The van der Waals surface area contributed by atoms with E-state index < -0.39 is 23.3 Å². The second-order valence-electron chi connectivity index (χ2n) is 9.20. The highest BCUT2D eigenvalue weighted by Crippen LogP contribution is 2.26. The van der Waals surface area contributed by atoms with Crippen molar-refractivity contribution in [3.63, 3.8) is 0 Å². The fourth-order valence-electron chi connectivity index (χ4n) is 3.81. The molecule has 188 valence electrons. The second-order valence-corrected chi connectivity index (χ2v) is 9.63. The Balaban J connectivity index is 0.00000137. The number of hydrogen-bond acceptors (Lipinski definition) is 5. The Morgan fingerprint density at radius 2 is 1.63 bits per heavy atom. The molecule has 2 aromatic carbocycles. The van der Waals surface area contributed by atoms with Gasteiger partial charge < -0.3 is 14.7 Å². The number of piperidine rings is 1. The highest BCUT2D eigenvalue weighted by Gasteiger charge is 2.31. The number of carbonyl (C=O) groups is 4. The molecule has 1 saturated heterocycles. The van der Waals surface area contributed by atoms with Crippen LogP contribution >= 0.6 is 11.6 Å². The third-order valence-electron chi connectivity index (χ3n) is 5.42. The van der Waals surface area contributed by atoms with Crippen LogP contribution in [0.4, 0.5) is 9.18 Å². The number of Topliss-reactive ketones (excluding diaryl/α,β-unsaturated/α-hetero) is 1. The van der Waals surface area contributed by atoms with E-state index in [4.69, 9.17) is 26.2 Å². The fraction of sp³-hybridized carbons (Fsp3) is 0.385. The minimum Gasteiger partial charge on any atom is -0.483 e. The van der Waals surface area contributed by atoms with Crippen molar-refractivity contribution in [2.24, 2.45) is 5.92 Å². The van der Waals surface area contributed by atoms with Gasteiger partial charge >= 0.3 is 6.09 Å². The van der Waals surface area contributed by atoms with E-state index >= 15 is 0 Å². The van der Waals surface area contributed by atoms with E-state index in [2.05, 4.69) is 0 Å². The van der Waals surface area contributed by atoms with Gasteiger partial charge in [-0.25, -0.2) is 9.18 Å². The number of hydrogen-bond donors (Lipinski definition) is 1. The van der Waals surface area contributed by atoms with Crippen molar-refractivity contribution in [2.75, 3.05) is 13.1 Å². The molecule has 2 aromatic rings. The molecule has 0 spiro atoms. The van der Waals surface area contributed by atoms with E-state index in [9.17, 15) is 18.8 Å². The maximum Gasteiger partial charge on any atom is 0.410 e. The first kappa shape index (κ1) is 28.0. The summed E-state index contributed by atoms with van der Waals surface area (Å²) in [5.74, 6) is -1.67. The van der Waals surface area contributed by atoms with Crippen molar-refractivity contribution in [3.8, 4) is 0 Å². The van der Waals surface area contributed by atoms with Crippen LogP contribution in [-0.2, 0) is 9.53 Å². The number of aryl methyl sites for hydroxylation is 1. The molecule has 1 aliphatic heterocycles. The lowest BCUT2D eigenvalue weighted by molar-refractivity contribution is -0.122. The van der Waals surface area contributed by atoms with Gasteiger partial charge in [-0.2, -0.15) is 0 Å². The number of benzene rings is 2. The molecule has 1 amide bonds. The summed E-state index contributed by atoms with van der Waals surface area (Å²) in [7, 11) is 0. The van der Waals surface area contributed by atoms with E-state index in [0.717, 1.165) is 6.07 Å². The van der Waals surface area contributed by atoms with Gasteiger partial charge in [-0.05, 0) is 82.5 Å². The SMILES string of the molecule is Cc1cc(C(=O)C2CCN(C(=O)OC(C)(C)C)CC2)cc(F)c1C(=O)c1ccc(Cl)cc1.O=CO. The summed E-state index contributed by atoms with van der Waals surface area (Å²) in [6.07, 6.45) is 0.560. The number of ketones is 2. The number of amides is 1. The standard InChI is InChI=1S/C25H27ClFNO4.CH2O2/c1-15-13-18(14-20(27)21(15)23(30)16-5-7-19(26)8-6-16)22(29)17-9-11-28(12-10-17)24(31)32-25(2,3)4;2-1-3/h5-8,13-14,17H,9-12H2,1-4H3;1H,(H,2,3). The highest BCUT2D eigenvalue weighted by molar-refractivity contribution is 6.30. The number of carboxylic acid groups (broad SMARTS) is 1. The predicted molar refractivity (Wildman–Crippen MR) is 130 cm³/mol. The van der Waals surface area contributed by atoms with Crippen LogP contribution in [0.25, 0.3) is 0 Å². The first-order valence-corrected chi connectivity index (χ1v) is 11.5. The Labute approximate surface area is 208 Å². The van der Waals surface area contributed by atoms with Gasteiger partial charge in [-0.3, -0.25) is 14.4 Å². The Kier molecular flexibility index (Phi) is 9.54. The summed E-state index contributed by atoms with van der Waals surface area (Å²) >= 11 is 5.86. The van der Waals surface area contributed by atoms with E-state index in [1.165, 1.54) is 0 Å². The molecule has 1 fully saturated rings. The zero-order chi connectivity index (χ0) is 26.3. The normalized spacial score (nSPS) is 13.9. The molecular weight excluding hydrogens is 477 g/mol. The van der Waals surface area contributed by atoms with Crippen LogP contribution in [0.1, 0.15) is 65.5 Å². The fourth-order valence-corrected chi connectivity index (χ4v) is 3.93. The van der Waals surface area contributed by atoms with Crippen LogP contribution in [0.2, 0.25) is 5.02 Å². The molecule has 7 nitrogen and oxygen atoms in total. The molecule has 0 bridgehead atoms. The van der Waals surface area contributed by atoms with Crippen molar-refractivity contribution in [2.45, 2.75) is 46.1 Å². The quantitative estimate of drug-likeness (QED) is 0.432. The number of rotatable bonds is 4.